The van der Waals surface area contributed by atoms with Gasteiger partial charge in [0.15, 0.2) is 4.32 Å². The molecule has 2 aromatic carbocycles. The SMILES string of the molecule is CCN(CC)CCCOc1ccc(N2C(=O)C(=CC=Cc3ccc(N(C)C)cc3)SC2=S)cc1.Cl. The molecule has 1 aliphatic rings. The zero-order chi connectivity index (χ0) is 24.5. The van der Waals surface area contributed by atoms with Gasteiger partial charge in [0.2, 0.25) is 0 Å². The molecule has 1 fully saturated rings. The van der Waals surface area contributed by atoms with Crippen molar-refractivity contribution in [3.8, 4) is 5.75 Å². The Kier molecular flexibility index (Phi) is 11.8. The Morgan fingerprint density at radius 2 is 1.69 bits per heavy atom. The first-order chi connectivity index (χ1) is 16.4. The second-order valence-electron chi connectivity index (χ2n) is 8.11. The molecular weight excluding hydrogens is 498 g/mol. The minimum absolute atomic E-state index is 0. The van der Waals surface area contributed by atoms with Gasteiger partial charge in [-0.1, -0.05) is 62.1 Å². The lowest BCUT2D eigenvalue weighted by atomic mass is 10.2. The Bertz CT molecular complexity index is 1030. The van der Waals surface area contributed by atoms with Gasteiger partial charge in [-0.15, -0.1) is 12.4 Å². The van der Waals surface area contributed by atoms with Crippen molar-refractivity contribution in [2.24, 2.45) is 0 Å². The molecule has 2 aromatic rings. The van der Waals surface area contributed by atoms with E-state index in [1.807, 2.05) is 56.6 Å². The van der Waals surface area contributed by atoms with E-state index in [4.69, 9.17) is 17.0 Å². The molecule has 0 unspecified atom stereocenters. The summed E-state index contributed by atoms with van der Waals surface area (Å²) < 4.78 is 6.40. The first kappa shape index (κ1) is 28.9. The Morgan fingerprint density at radius 1 is 1.03 bits per heavy atom. The van der Waals surface area contributed by atoms with Crippen molar-refractivity contribution in [3.05, 3.63) is 71.2 Å². The van der Waals surface area contributed by atoms with Crippen molar-refractivity contribution in [1.29, 1.82) is 0 Å². The highest BCUT2D eigenvalue weighted by Crippen LogP contribution is 2.35. The van der Waals surface area contributed by atoms with Crippen molar-refractivity contribution in [3.63, 3.8) is 0 Å². The molecule has 0 atom stereocenters. The molecule has 1 saturated heterocycles. The van der Waals surface area contributed by atoms with Gasteiger partial charge in [-0.2, -0.15) is 0 Å². The average molecular weight is 532 g/mol. The fourth-order valence-electron chi connectivity index (χ4n) is 3.54. The van der Waals surface area contributed by atoms with E-state index in [1.165, 1.54) is 11.8 Å². The van der Waals surface area contributed by atoms with Gasteiger partial charge in [0.05, 0.1) is 17.2 Å². The van der Waals surface area contributed by atoms with E-state index in [0.717, 1.165) is 48.7 Å². The van der Waals surface area contributed by atoms with Crippen LogP contribution in [0.2, 0.25) is 0 Å². The lowest BCUT2D eigenvalue weighted by Gasteiger charge is -2.18. The number of anilines is 2. The molecule has 35 heavy (non-hydrogen) atoms. The van der Waals surface area contributed by atoms with Crippen LogP contribution in [0.1, 0.15) is 25.8 Å². The third-order valence-corrected chi connectivity index (χ3v) is 6.94. The minimum atomic E-state index is -0.101. The maximum atomic E-state index is 13.0. The molecule has 0 radical (unpaired) electrons. The number of ether oxygens (including phenoxy) is 1. The number of hydrogen-bond acceptors (Lipinski definition) is 6. The van der Waals surface area contributed by atoms with E-state index in [0.29, 0.717) is 15.8 Å². The predicted octanol–water partition coefficient (Wildman–Crippen LogP) is 6.25. The predicted molar refractivity (Wildman–Crippen MR) is 157 cm³/mol. The average Bonchev–Trinajstić information content (AvgIpc) is 3.12. The Hall–Kier alpha value is -2.32. The summed E-state index contributed by atoms with van der Waals surface area (Å²) in [5.41, 5.74) is 2.98. The van der Waals surface area contributed by atoms with E-state index in [2.05, 4.69) is 47.9 Å². The maximum Gasteiger partial charge on any atom is 0.270 e. The molecule has 0 saturated carbocycles. The van der Waals surface area contributed by atoms with Crippen molar-refractivity contribution in [1.82, 2.24) is 4.90 Å². The zero-order valence-corrected chi connectivity index (χ0v) is 23.2. The molecule has 0 N–H and O–H groups in total. The fraction of sp³-hybridized carbons (Fsp3) is 0.333. The number of halogens is 1. The first-order valence-electron chi connectivity index (χ1n) is 11.6. The van der Waals surface area contributed by atoms with Crippen LogP contribution in [0.15, 0.2) is 65.6 Å². The highest BCUT2D eigenvalue weighted by Gasteiger charge is 2.32. The molecule has 0 bridgehead atoms. The van der Waals surface area contributed by atoms with E-state index >= 15 is 0 Å². The molecule has 8 heteroatoms. The summed E-state index contributed by atoms with van der Waals surface area (Å²) in [7, 11) is 4.03. The van der Waals surface area contributed by atoms with Gasteiger partial charge in [0, 0.05) is 26.3 Å². The highest BCUT2D eigenvalue weighted by atomic mass is 35.5. The molecule has 188 valence electrons. The van der Waals surface area contributed by atoms with Crippen LogP contribution in [0.5, 0.6) is 5.75 Å². The van der Waals surface area contributed by atoms with Gasteiger partial charge in [0.25, 0.3) is 5.91 Å². The lowest BCUT2D eigenvalue weighted by Crippen LogP contribution is -2.27. The van der Waals surface area contributed by atoms with Crippen LogP contribution in [0.25, 0.3) is 6.08 Å². The maximum absolute atomic E-state index is 13.0. The quantitative estimate of drug-likeness (QED) is 0.194. The van der Waals surface area contributed by atoms with Crippen molar-refractivity contribution < 1.29 is 9.53 Å². The summed E-state index contributed by atoms with van der Waals surface area (Å²) >= 11 is 6.81. The fourth-order valence-corrected chi connectivity index (χ4v) is 4.79. The smallest absolute Gasteiger partial charge is 0.270 e. The Morgan fingerprint density at radius 3 is 2.29 bits per heavy atom. The number of carbonyl (C=O) groups is 1. The number of rotatable bonds is 11. The Labute approximate surface area is 225 Å². The van der Waals surface area contributed by atoms with Crippen LogP contribution in [0.3, 0.4) is 0 Å². The number of hydrogen-bond donors (Lipinski definition) is 0. The topological polar surface area (TPSA) is 36.0 Å². The van der Waals surface area contributed by atoms with Gasteiger partial charge in [-0.05, 0) is 67.5 Å². The summed E-state index contributed by atoms with van der Waals surface area (Å²) in [5.74, 6) is 0.697. The van der Waals surface area contributed by atoms with Crippen molar-refractivity contribution >= 4 is 64.1 Å². The van der Waals surface area contributed by atoms with Gasteiger partial charge >= 0.3 is 0 Å². The molecule has 0 aliphatic carbocycles. The van der Waals surface area contributed by atoms with Gasteiger partial charge < -0.3 is 14.5 Å². The second-order valence-corrected chi connectivity index (χ2v) is 9.78. The molecule has 1 aliphatic heterocycles. The van der Waals surface area contributed by atoms with Crippen LogP contribution in [0.4, 0.5) is 11.4 Å². The van der Waals surface area contributed by atoms with Crippen molar-refractivity contribution in [2.45, 2.75) is 20.3 Å². The number of thioether (sulfide) groups is 1. The summed E-state index contributed by atoms with van der Waals surface area (Å²) in [6.45, 7) is 8.17. The van der Waals surface area contributed by atoms with Crippen LogP contribution < -0.4 is 14.5 Å². The number of thiocarbonyl (C=S) groups is 1. The number of benzene rings is 2. The van der Waals surface area contributed by atoms with Crippen LogP contribution >= 0.6 is 36.4 Å². The molecule has 5 nitrogen and oxygen atoms in total. The summed E-state index contributed by atoms with van der Waals surface area (Å²) in [4.78, 5) is 19.6. The number of allylic oxidation sites excluding steroid dienone is 2. The standard InChI is InChI=1S/C27H33N3O2S2.ClH/c1-5-29(6-2)19-8-20-32-24-17-15-23(16-18-24)30-26(31)25(34-27(30)33)10-7-9-21-11-13-22(14-12-21)28(3)4;/h7,9-18H,5-6,8,19-20H2,1-4H3;1H. The summed E-state index contributed by atoms with van der Waals surface area (Å²) in [5, 5.41) is 0. The number of carbonyl (C=O) groups excluding carboxylic acids is 1. The van der Waals surface area contributed by atoms with E-state index in [-0.39, 0.29) is 18.3 Å². The van der Waals surface area contributed by atoms with Gasteiger partial charge in [0.1, 0.15) is 5.75 Å². The highest BCUT2D eigenvalue weighted by molar-refractivity contribution is 8.27. The molecule has 0 aromatic heterocycles. The van der Waals surface area contributed by atoms with Gasteiger partial charge in [-0.25, -0.2) is 0 Å². The number of nitrogens with zero attached hydrogens (tertiary/aromatic N) is 3. The second kappa shape index (κ2) is 14.3. The largest absolute Gasteiger partial charge is 0.494 e. The zero-order valence-electron chi connectivity index (χ0n) is 20.8. The molecule has 0 spiro atoms. The molecule has 1 amide bonds. The van der Waals surface area contributed by atoms with Crippen LogP contribution in [-0.4, -0.2) is 55.5 Å². The minimum Gasteiger partial charge on any atom is -0.494 e. The lowest BCUT2D eigenvalue weighted by molar-refractivity contribution is -0.113. The first-order valence-corrected chi connectivity index (χ1v) is 12.8. The van der Waals surface area contributed by atoms with E-state index in [9.17, 15) is 4.79 Å². The van der Waals surface area contributed by atoms with E-state index in [1.54, 1.807) is 4.90 Å². The van der Waals surface area contributed by atoms with E-state index < -0.39 is 0 Å². The molecule has 1 heterocycles. The third-order valence-electron chi connectivity index (χ3n) is 5.62. The van der Waals surface area contributed by atoms with Crippen molar-refractivity contribution in [2.75, 3.05) is 50.1 Å². The normalized spacial score (nSPS) is 14.8. The Balaban J connectivity index is 0.00000432. The van der Waals surface area contributed by atoms with Crippen LogP contribution in [0, 0.1) is 0 Å². The molecular formula is C27H34ClN3O2S2. The van der Waals surface area contributed by atoms with Crippen LogP contribution in [-0.2, 0) is 4.79 Å². The monoisotopic (exact) mass is 531 g/mol. The van der Waals surface area contributed by atoms with Gasteiger partial charge in [-0.3, -0.25) is 9.69 Å². The third kappa shape index (κ3) is 8.10. The number of amides is 1. The summed E-state index contributed by atoms with van der Waals surface area (Å²) in [6, 6.07) is 15.8. The molecule has 3 rings (SSSR count). The summed E-state index contributed by atoms with van der Waals surface area (Å²) in [6.07, 6.45) is 6.69.